The summed E-state index contributed by atoms with van der Waals surface area (Å²) in [7, 11) is 0. The van der Waals surface area contributed by atoms with Crippen molar-refractivity contribution < 1.29 is 23.8 Å². The molecule has 0 saturated carbocycles. The van der Waals surface area contributed by atoms with E-state index in [1.165, 1.54) is 0 Å². The van der Waals surface area contributed by atoms with Crippen LogP contribution in [-0.2, 0) is 23.8 Å². The van der Waals surface area contributed by atoms with E-state index in [1.807, 2.05) is 13.8 Å². The summed E-state index contributed by atoms with van der Waals surface area (Å²) in [6, 6.07) is -0.214. The number of carbonyl (C=O) groups is 2. The van der Waals surface area contributed by atoms with Crippen LogP contribution in [0.3, 0.4) is 0 Å². The van der Waals surface area contributed by atoms with E-state index in [2.05, 4.69) is 0 Å². The number of ether oxygens (including phenoxy) is 3. The second-order valence-corrected chi connectivity index (χ2v) is 8.68. The van der Waals surface area contributed by atoms with E-state index in [4.69, 9.17) is 19.9 Å². The maximum Gasteiger partial charge on any atom is 0.313 e. The van der Waals surface area contributed by atoms with Crippen LogP contribution in [0.5, 0.6) is 0 Å². The molecule has 2 N–H and O–H groups in total. The molecule has 0 aromatic carbocycles. The standard InChI is InChI=1S/C18H33NO5/c1-9-11(19)12-10(2)13(23-15(20)17(3,4)5)14(22-12)24-16(21)18(6,7)8/h10-14H,9,19H2,1-8H3/t10-,11+,12+,13+,14-/m0/s1. The SMILES string of the molecule is CC[C@@H](N)[C@@H]1O[C@@H](OC(=O)C(C)(C)C)[C@H](OC(=O)C(C)(C)C)[C@H]1C. The topological polar surface area (TPSA) is 87.8 Å². The summed E-state index contributed by atoms with van der Waals surface area (Å²) in [5.41, 5.74) is 4.80. The molecule has 0 spiro atoms. The van der Waals surface area contributed by atoms with E-state index in [0.29, 0.717) is 0 Å². The minimum absolute atomic E-state index is 0.163. The van der Waals surface area contributed by atoms with E-state index in [1.54, 1.807) is 41.5 Å². The van der Waals surface area contributed by atoms with Gasteiger partial charge in [-0.3, -0.25) is 9.59 Å². The molecule has 1 fully saturated rings. The highest BCUT2D eigenvalue weighted by atomic mass is 16.7. The second kappa shape index (κ2) is 7.40. The average molecular weight is 343 g/mol. The van der Waals surface area contributed by atoms with Gasteiger partial charge in [-0.25, -0.2) is 0 Å². The van der Waals surface area contributed by atoms with Crippen LogP contribution in [0, 0.1) is 16.7 Å². The number of nitrogens with two attached hydrogens (primary N) is 1. The summed E-state index contributed by atoms with van der Waals surface area (Å²) in [5.74, 6) is -0.920. The van der Waals surface area contributed by atoms with Gasteiger partial charge in [-0.15, -0.1) is 0 Å². The minimum Gasteiger partial charge on any atom is -0.455 e. The van der Waals surface area contributed by atoms with E-state index >= 15 is 0 Å². The summed E-state index contributed by atoms with van der Waals surface area (Å²) in [6.45, 7) is 14.5. The molecule has 0 amide bonds. The highest BCUT2D eigenvalue weighted by molar-refractivity contribution is 5.76. The minimum atomic E-state index is -0.930. The van der Waals surface area contributed by atoms with E-state index in [9.17, 15) is 9.59 Å². The third-order valence-electron chi connectivity index (χ3n) is 4.18. The molecule has 1 saturated heterocycles. The molecule has 140 valence electrons. The van der Waals surface area contributed by atoms with Crippen molar-refractivity contribution in [1.82, 2.24) is 0 Å². The van der Waals surface area contributed by atoms with Crippen molar-refractivity contribution in [2.75, 3.05) is 0 Å². The van der Waals surface area contributed by atoms with Gasteiger partial charge >= 0.3 is 11.9 Å². The summed E-state index contributed by atoms with van der Waals surface area (Å²) in [5, 5.41) is 0. The molecular weight excluding hydrogens is 310 g/mol. The quantitative estimate of drug-likeness (QED) is 0.790. The van der Waals surface area contributed by atoms with Crippen molar-refractivity contribution in [3.05, 3.63) is 0 Å². The van der Waals surface area contributed by atoms with Crippen LogP contribution in [0.2, 0.25) is 0 Å². The fraction of sp³-hybridized carbons (Fsp3) is 0.889. The first-order valence-electron chi connectivity index (χ1n) is 8.62. The van der Waals surface area contributed by atoms with E-state index < -0.39 is 29.2 Å². The Morgan fingerprint density at radius 2 is 1.50 bits per heavy atom. The monoisotopic (exact) mass is 343 g/mol. The molecule has 6 heteroatoms. The Kier molecular flexibility index (Phi) is 6.44. The van der Waals surface area contributed by atoms with Crippen LogP contribution in [0.1, 0.15) is 61.8 Å². The molecule has 6 nitrogen and oxygen atoms in total. The summed E-state index contributed by atoms with van der Waals surface area (Å²) in [6.07, 6.45) is -1.20. The highest BCUT2D eigenvalue weighted by Gasteiger charge is 2.49. The predicted molar refractivity (Wildman–Crippen MR) is 91.0 cm³/mol. The molecule has 0 aromatic rings. The van der Waals surface area contributed by atoms with Crippen molar-refractivity contribution in [2.24, 2.45) is 22.5 Å². The number of hydrogen-bond donors (Lipinski definition) is 1. The van der Waals surface area contributed by atoms with E-state index in [-0.39, 0.29) is 24.0 Å². The average Bonchev–Trinajstić information content (AvgIpc) is 2.73. The Morgan fingerprint density at radius 1 is 1.04 bits per heavy atom. The summed E-state index contributed by atoms with van der Waals surface area (Å²) < 4.78 is 17.0. The molecule has 1 aliphatic heterocycles. The zero-order valence-corrected chi connectivity index (χ0v) is 16.2. The first-order valence-corrected chi connectivity index (χ1v) is 8.62. The fourth-order valence-corrected chi connectivity index (χ4v) is 2.35. The largest absolute Gasteiger partial charge is 0.455 e. The lowest BCUT2D eigenvalue weighted by Crippen LogP contribution is -2.41. The molecule has 0 radical (unpaired) electrons. The smallest absolute Gasteiger partial charge is 0.313 e. The zero-order chi connectivity index (χ0) is 18.9. The molecule has 0 aliphatic carbocycles. The molecule has 0 unspecified atom stereocenters. The van der Waals surface area contributed by atoms with Crippen molar-refractivity contribution >= 4 is 11.9 Å². The van der Waals surface area contributed by atoms with Gasteiger partial charge in [0.05, 0.1) is 16.9 Å². The second-order valence-electron chi connectivity index (χ2n) is 8.68. The molecule has 1 aliphatic rings. The third-order valence-corrected chi connectivity index (χ3v) is 4.18. The number of hydrogen-bond acceptors (Lipinski definition) is 6. The predicted octanol–water partition coefficient (Wildman–Crippen LogP) is 2.63. The lowest BCUT2D eigenvalue weighted by Gasteiger charge is -2.27. The van der Waals surface area contributed by atoms with Gasteiger partial charge in [0.1, 0.15) is 0 Å². The Bertz CT molecular complexity index is 463. The highest BCUT2D eigenvalue weighted by Crippen LogP contribution is 2.35. The zero-order valence-electron chi connectivity index (χ0n) is 16.2. The van der Waals surface area contributed by atoms with Crippen LogP contribution in [0.25, 0.3) is 0 Å². The first-order chi connectivity index (χ1) is 10.8. The van der Waals surface area contributed by atoms with Crippen molar-refractivity contribution in [3.8, 4) is 0 Å². The van der Waals surface area contributed by atoms with E-state index in [0.717, 1.165) is 6.42 Å². The van der Waals surface area contributed by atoms with Crippen molar-refractivity contribution in [1.29, 1.82) is 0 Å². The fourth-order valence-electron chi connectivity index (χ4n) is 2.35. The molecule has 5 atom stereocenters. The summed E-state index contributed by atoms with van der Waals surface area (Å²) >= 11 is 0. The van der Waals surface area contributed by atoms with Crippen LogP contribution in [0.4, 0.5) is 0 Å². The molecule has 0 bridgehead atoms. The van der Waals surface area contributed by atoms with Gasteiger partial charge in [-0.2, -0.15) is 0 Å². The number of rotatable bonds is 4. The van der Waals surface area contributed by atoms with Crippen LogP contribution in [0.15, 0.2) is 0 Å². The van der Waals surface area contributed by atoms with Crippen LogP contribution in [-0.4, -0.2) is 36.5 Å². The molecule has 0 aromatic heterocycles. The van der Waals surface area contributed by atoms with Crippen LogP contribution >= 0.6 is 0 Å². The normalized spacial score (nSPS) is 29.2. The van der Waals surface area contributed by atoms with Crippen molar-refractivity contribution in [2.45, 2.75) is 86.4 Å². The molecular formula is C18H33NO5. The Balaban J connectivity index is 2.99. The lowest BCUT2D eigenvalue weighted by atomic mass is 9.93. The van der Waals surface area contributed by atoms with Gasteiger partial charge in [0.15, 0.2) is 6.10 Å². The van der Waals surface area contributed by atoms with Gasteiger partial charge in [0.2, 0.25) is 6.29 Å². The molecule has 1 heterocycles. The maximum atomic E-state index is 12.3. The third kappa shape index (κ3) is 4.93. The summed E-state index contributed by atoms with van der Waals surface area (Å²) in [4.78, 5) is 24.5. The van der Waals surface area contributed by atoms with Gasteiger partial charge in [0, 0.05) is 12.0 Å². The number of carbonyl (C=O) groups excluding carboxylic acids is 2. The van der Waals surface area contributed by atoms with Crippen LogP contribution < -0.4 is 5.73 Å². The Labute approximate surface area is 145 Å². The number of esters is 2. The molecule has 1 rings (SSSR count). The molecule has 24 heavy (non-hydrogen) atoms. The lowest BCUT2D eigenvalue weighted by molar-refractivity contribution is -0.206. The van der Waals surface area contributed by atoms with Gasteiger partial charge in [0.25, 0.3) is 0 Å². The van der Waals surface area contributed by atoms with Gasteiger partial charge < -0.3 is 19.9 Å². The van der Waals surface area contributed by atoms with Gasteiger partial charge in [-0.05, 0) is 48.0 Å². The maximum absolute atomic E-state index is 12.3. The Hall–Kier alpha value is -1.14. The Morgan fingerprint density at radius 3 is 1.92 bits per heavy atom. The van der Waals surface area contributed by atoms with Gasteiger partial charge in [-0.1, -0.05) is 13.8 Å². The van der Waals surface area contributed by atoms with Crippen molar-refractivity contribution in [3.63, 3.8) is 0 Å². The first kappa shape index (κ1) is 20.9.